The quantitative estimate of drug-likeness (QED) is 0.618. The maximum absolute atomic E-state index is 9.45. The van der Waals surface area contributed by atoms with Crippen LogP contribution in [0, 0.1) is 22.7 Å². The van der Waals surface area contributed by atoms with Gasteiger partial charge in [0.1, 0.15) is 0 Å². The number of hydrogen-bond acceptors (Lipinski definition) is 2. The van der Waals surface area contributed by atoms with Crippen LogP contribution in [0.1, 0.15) is 65.2 Å². The fourth-order valence-electron chi connectivity index (χ4n) is 2.83. The van der Waals surface area contributed by atoms with E-state index in [4.69, 9.17) is 4.74 Å². The van der Waals surface area contributed by atoms with E-state index in [1.165, 1.54) is 25.7 Å². The summed E-state index contributed by atoms with van der Waals surface area (Å²) in [6.07, 6.45) is 9.19. The van der Waals surface area contributed by atoms with Crippen LogP contribution in [0.15, 0.2) is 0 Å². The second kappa shape index (κ2) is 7.71. The van der Waals surface area contributed by atoms with Gasteiger partial charge in [-0.15, -0.1) is 0 Å². The molecule has 0 heterocycles. The first-order valence-corrected chi connectivity index (χ1v) is 7.25. The largest absolute Gasteiger partial charge is 0.381 e. The highest BCUT2D eigenvalue weighted by Gasteiger charge is 2.35. The Kier molecular flexibility index (Phi) is 6.58. The summed E-state index contributed by atoms with van der Waals surface area (Å²) >= 11 is 0. The minimum absolute atomic E-state index is 0.0782. The Bertz CT molecular complexity index is 246. The first-order valence-electron chi connectivity index (χ1n) is 7.25. The molecule has 0 spiro atoms. The molecule has 2 heteroatoms. The molecule has 17 heavy (non-hydrogen) atoms. The molecule has 1 rings (SSSR count). The van der Waals surface area contributed by atoms with Crippen molar-refractivity contribution in [1.29, 1.82) is 5.26 Å². The highest BCUT2D eigenvalue weighted by atomic mass is 16.5. The van der Waals surface area contributed by atoms with Crippen molar-refractivity contribution in [3.8, 4) is 6.07 Å². The van der Waals surface area contributed by atoms with Gasteiger partial charge in [-0.3, -0.25) is 0 Å². The highest BCUT2D eigenvalue weighted by Crippen LogP contribution is 2.42. The molecule has 1 aliphatic carbocycles. The number of ether oxygens (including phenoxy) is 1. The van der Waals surface area contributed by atoms with Crippen molar-refractivity contribution in [3.63, 3.8) is 0 Å². The van der Waals surface area contributed by atoms with Crippen molar-refractivity contribution in [2.75, 3.05) is 13.2 Å². The van der Waals surface area contributed by atoms with Crippen LogP contribution in [-0.2, 0) is 4.74 Å². The van der Waals surface area contributed by atoms with E-state index < -0.39 is 0 Å². The molecule has 0 aliphatic heterocycles. The van der Waals surface area contributed by atoms with Crippen LogP contribution in [0.4, 0.5) is 0 Å². The van der Waals surface area contributed by atoms with Crippen LogP contribution in [-0.4, -0.2) is 13.2 Å². The van der Waals surface area contributed by atoms with Crippen molar-refractivity contribution in [2.45, 2.75) is 65.2 Å². The van der Waals surface area contributed by atoms with Crippen LogP contribution < -0.4 is 0 Å². The molecule has 0 radical (unpaired) electrons. The molecule has 0 aromatic heterocycles. The lowest BCUT2D eigenvalue weighted by Crippen LogP contribution is -2.28. The molecule has 0 amide bonds. The minimum atomic E-state index is -0.0782. The normalized spacial score (nSPS) is 28.9. The van der Waals surface area contributed by atoms with Crippen LogP contribution in [0.5, 0.6) is 0 Å². The molecule has 0 aromatic carbocycles. The smallest absolute Gasteiger partial charge is 0.0690 e. The molecular weight excluding hydrogens is 210 g/mol. The third-order valence-corrected chi connectivity index (χ3v) is 4.13. The van der Waals surface area contributed by atoms with Gasteiger partial charge < -0.3 is 4.74 Å². The van der Waals surface area contributed by atoms with Gasteiger partial charge in [0.05, 0.1) is 11.5 Å². The molecular formula is C15H27NO. The lowest BCUT2D eigenvalue weighted by Gasteiger charge is -2.35. The van der Waals surface area contributed by atoms with E-state index in [0.29, 0.717) is 0 Å². The third kappa shape index (κ3) is 4.68. The lowest BCUT2D eigenvalue weighted by atomic mass is 9.68. The van der Waals surface area contributed by atoms with E-state index >= 15 is 0 Å². The van der Waals surface area contributed by atoms with E-state index in [2.05, 4.69) is 19.9 Å². The van der Waals surface area contributed by atoms with Crippen molar-refractivity contribution < 1.29 is 4.74 Å². The molecule has 0 bridgehead atoms. The average Bonchev–Trinajstić information content (AvgIpc) is 2.39. The summed E-state index contributed by atoms with van der Waals surface area (Å²) in [5.74, 6) is 0.763. The Balaban J connectivity index is 2.33. The first kappa shape index (κ1) is 14.5. The second-order valence-electron chi connectivity index (χ2n) is 5.48. The summed E-state index contributed by atoms with van der Waals surface area (Å²) in [5.41, 5.74) is -0.0782. The van der Waals surface area contributed by atoms with Gasteiger partial charge in [-0.05, 0) is 31.6 Å². The topological polar surface area (TPSA) is 33.0 Å². The van der Waals surface area contributed by atoms with Crippen molar-refractivity contribution in [3.05, 3.63) is 0 Å². The standard InChI is InChI=1S/C15H27NO/c1-3-5-10-17-11-9-15(13-16)8-6-7-14(4-2)12-15/h14H,3-12H2,1-2H3. The number of unbranched alkanes of at least 4 members (excludes halogenated alkanes) is 1. The van der Waals surface area contributed by atoms with Gasteiger partial charge in [-0.25, -0.2) is 0 Å². The summed E-state index contributed by atoms with van der Waals surface area (Å²) in [4.78, 5) is 0. The van der Waals surface area contributed by atoms with Crippen LogP contribution in [0.25, 0.3) is 0 Å². The van der Waals surface area contributed by atoms with Gasteiger partial charge in [-0.1, -0.05) is 39.5 Å². The lowest BCUT2D eigenvalue weighted by molar-refractivity contribution is 0.0837. The van der Waals surface area contributed by atoms with Crippen molar-refractivity contribution in [2.24, 2.45) is 11.3 Å². The summed E-state index contributed by atoms with van der Waals surface area (Å²) in [7, 11) is 0. The maximum Gasteiger partial charge on any atom is 0.0690 e. The second-order valence-corrected chi connectivity index (χ2v) is 5.48. The molecule has 0 aromatic rings. The molecule has 2 atom stereocenters. The van der Waals surface area contributed by atoms with Gasteiger partial charge in [0, 0.05) is 13.2 Å². The van der Waals surface area contributed by atoms with E-state index in [-0.39, 0.29) is 5.41 Å². The zero-order valence-electron chi connectivity index (χ0n) is 11.5. The summed E-state index contributed by atoms with van der Waals surface area (Å²) in [6, 6.07) is 2.59. The SMILES string of the molecule is CCCCOCCC1(C#N)CCCC(CC)C1. The van der Waals surface area contributed by atoms with Crippen LogP contribution in [0.2, 0.25) is 0 Å². The average molecular weight is 237 g/mol. The number of hydrogen-bond donors (Lipinski definition) is 0. The Labute approximate surface area is 106 Å². The predicted molar refractivity (Wildman–Crippen MR) is 70.6 cm³/mol. The Morgan fingerprint density at radius 3 is 2.82 bits per heavy atom. The predicted octanol–water partition coefficient (Wildman–Crippen LogP) is 4.30. The van der Waals surface area contributed by atoms with Crippen molar-refractivity contribution >= 4 is 0 Å². The summed E-state index contributed by atoms with van der Waals surface area (Å²) in [6.45, 7) is 6.04. The fraction of sp³-hybridized carbons (Fsp3) is 0.933. The zero-order valence-corrected chi connectivity index (χ0v) is 11.5. The van der Waals surface area contributed by atoms with Gasteiger partial charge in [-0.2, -0.15) is 5.26 Å². The van der Waals surface area contributed by atoms with Gasteiger partial charge in [0.25, 0.3) is 0 Å². The fourth-order valence-corrected chi connectivity index (χ4v) is 2.83. The van der Waals surface area contributed by atoms with E-state index in [1.807, 2.05) is 0 Å². The number of nitrogens with zero attached hydrogens (tertiary/aromatic N) is 1. The summed E-state index contributed by atoms with van der Waals surface area (Å²) in [5, 5.41) is 9.45. The van der Waals surface area contributed by atoms with Gasteiger partial charge >= 0.3 is 0 Å². The maximum atomic E-state index is 9.45. The van der Waals surface area contributed by atoms with Crippen LogP contribution in [0.3, 0.4) is 0 Å². The molecule has 0 saturated heterocycles. The Morgan fingerprint density at radius 1 is 1.35 bits per heavy atom. The monoisotopic (exact) mass is 237 g/mol. The van der Waals surface area contributed by atoms with E-state index in [0.717, 1.165) is 44.8 Å². The van der Waals surface area contributed by atoms with E-state index in [1.54, 1.807) is 0 Å². The highest BCUT2D eigenvalue weighted by molar-refractivity contribution is 5.01. The van der Waals surface area contributed by atoms with Crippen LogP contribution >= 0.6 is 0 Å². The molecule has 1 saturated carbocycles. The van der Waals surface area contributed by atoms with Gasteiger partial charge in [0.15, 0.2) is 0 Å². The Morgan fingerprint density at radius 2 is 2.18 bits per heavy atom. The molecule has 0 N–H and O–H groups in total. The molecule has 1 fully saturated rings. The molecule has 1 aliphatic rings. The number of rotatable bonds is 7. The van der Waals surface area contributed by atoms with E-state index in [9.17, 15) is 5.26 Å². The van der Waals surface area contributed by atoms with Gasteiger partial charge in [0.2, 0.25) is 0 Å². The molecule has 2 nitrogen and oxygen atoms in total. The molecule has 2 unspecified atom stereocenters. The third-order valence-electron chi connectivity index (χ3n) is 4.13. The zero-order chi connectivity index (χ0) is 12.6. The molecule has 98 valence electrons. The minimum Gasteiger partial charge on any atom is -0.381 e. The summed E-state index contributed by atoms with van der Waals surface area (Å²) < 4.78 is 5.62. The Hall–Kier alpha value is -0.550. The number of nitriles is 1. The van der Waals surface area contributed by atoms with Crippen molar-refractivity contribution in [1.82, 2.24) is 0 Å². The first-order chi connectivity index (χ1) is 8.26.